The average molecular weight is 308 g/mol. The monoisotopic (exact) mass is 308 g/mol. The van der Waals surface area contributed by atoms with Crippen LogP contribution in [0.5, 0.6) is 0 Å². The van der Waals surface area contributed by atoms with Crippen molar-refractivity contribution in [2.75, 3.05) is 31.6 Å². The summed E-state index contributed by atoms with van der Waals surface area (Å²) in [6, 6.07) is 0. The van der Waals surface area contributed by atoms with Gasteiger partial charge in [0.2, 0.25) is 5.95 Å². The molecule has 0 radical (unpaired) electrons. The van der Waals surface area contributed by atoms with Gasteiger partial charge in [0.25, 0.3) is 0 Å². The molecule has 0 aromatic carbocycles. The second kappa shape index (κ2) is 6.91. The first-order valence-corrected chi connectivity index (χ1v) is 5.40. The zero-order valence-electron chi connectivity index (χ0n) is 7.74. The highest BCUT2D eigenvalue weighted by Gasteiger charge is 1.94. The fraction of sp³-hybridized carbons (Fsp3) is 0.500. The third-order valence-corrected chi connectivity index (χ3v) is 1.97. The smallest absolute Gasteiger partial charge is 0.222 e. The van der Waals surface area contributed by atoms with Crippen LogP contribution in [-0.4, -0.2) is 36.3 Å². The maximum Gasteiger partial charge on any atom is 0.222 e. The zero-order chi connectivity index (χ0) is 10.2. The number of hydrogen-bond acceptors (Lipinski definition) is 5. The van der Waals surface area contributed by atoms with E-state index in [0.717, 1.165) is 3.57 Å². The molecule has 0 saturated heterocycles. The van der Waals surface area contributed by atoms with E-state index >= 15 is 0 Å². The Balaban J connectivity index is 2.15. The molecule has 1 aromatic heterocycles. The molecule has 0 aliphatic heterocycles. The second-order valence-corrected chi connectivity index (χ2v) is 3.80. The maximum absolute atomic E-state index is 5.27. The van der Waals surface area contributed by atoms with Crippen LogP contribution in [0.4, 0.5) is 5.95 Å². The van der Waals surface area contributed by atoms with Gasteiger partial charge >= 0.3 is 0 Å². The lowest BCUT2D eigenvalue weighted by Gasteiger charge is -2.04. The number of halogens is 1. The van der Waals surface area contributed by atoms with E-state index in [-0.39, 0.29) is 0 Å². The third-order valence-electron chi connectivity index (χ3n) is 1.41. The van der Waals surface area contributed by atoms with Gasteiger partial charge in [-0.3, -0.25) is 0 Å². The molecule has 3 N–H and O–H groups in total. The Hall–Kier alpha value is -0.470. The van der Waals surface area contributed by atoms with Gasteiger partial charge in [0.05, 0.1) is 13.2 Å². The molecule has 0 amide bonds. The molecule has 0 saturated carbocycles. The van der Waals surface area contributed by atoms with E-state index in [4.69, 9.17) is 10.5 Å². The van der Waals surface area contributed by atoms with Crippen LogP contribution in [0, 0.1) is 3.57 Å². The van der Waals surface area contributed by atoms with Crippen LogP contribution in [0.3, 0.4) is 0 Å². The minimum absolute atomic E-state index is 0.556. The SMILES string of the molecule is NCCOCCNc1ncc(I)cn1. The number of hydrogen-bond donors (Lipinski definition) is 2. The van der Waals surface area contributed by atoms with Crippen molar-refractivity contribution < 1.29 is 4.74 Å². The van der Waals surface area contributed by atoms with Crippen molar-refractivity contribution in [2.45, 2.75) is 0 Å². The lowest BCUT2D eigenvalue weighted by atomic mass is 10.6. The van der Waals surface area contributed by atoms with Crippen LogP contribution < -0.4 is 11.1 Å². The van der Waals surface area contributed by atoms with Gasteiger partial charge in [-0.2, -0.15) is 0 Å². The summed E-state index contributed by atoms with van der Waals surface area (Å²) < 4.78 is 6.20. The first-order chi connectivity index (χ1) is 6.83. The summed E-state index contributed by atoms with van der Waals surface area (Å²) in [6.45, 7) is 2.46. The number of ether oxygens (including phenoxy) is 1. The van der Waals surface area contributed by atoms with Crippen molar-refractivity contribution in [3.8, 4) is 0 Å². The second-order valence-electron chi connectivity index (χ2n) is 2.55. The highest BCUT2D eigenvalue weighted by atomic mass is 127. The Morgan fingerprint density at radius 2 is 2.07 bits per heavy atom. The van der Waals surface area contributed by atoms with Gasteiger partial charge in [-0.25, -0.2) is 9.97 Å². The van der Waals surface area contributed by atoms with Crippen molar-refractivity contribution in [3.05, 3.63) is 16.0 Å². The molecule has 0 aliphatic rings. The van der Waals surface area contributed by atoms with Gasteiger partial charge in [-0.15, -0.1) is 0 Å². The predicted molar refractivity (Wildman–Crippen MR) is 63.1 cm³/mol. The third kappa shape index (κ3) is 4.68. The van der Waals surface area contributed by atoms with Gasteiger partial charge < -0.3 is 15.8 Å². The van der Waals surface area contributed by atoms with Crippen LogP contribution in [0.25, 0.3) is 0 Å². The summed E-state index contributed by atoms with van der Waals surface area (Å²) in [7, 11) is 0. The zero-order valence-corrected chi connectivity index (χ0v) is 9.90. The molecule has 6 heteroatoms. The average Bonchev–Trinajstić information content (AvgIpc) is 2.21. The lowest BCUT2D eigenvalue weighted by Crippen LogP contribution is -2.15. The first kappa shape index (κ1) is 11.6. The van der Waals surface area contributed by atoms with Crippen LogP contribution >= 0.6 is 22.6 Å². The molecule has 1 heterocycles. The van der Waals surface area contributed by atoms with E-state index in [2.05, 4.69) is 37.9 Å². The van der Waals surface area contributed by atoms with Crippen molar-refractivity contribution >= 4 is 28.5 Å². The van der Waals surface area contributed by atoms with E-state index in [1.54, 1.807) is 12.4 Å². The maximum atomic E-state index is 5.27. The van der Waals surface area contributed by atoms with E-state index in [9.17, 15) is 0 Å². The fourth-order valence-electron chi connectivity index (χ4n) is 0.824. The van der Waals surface area contributed by atoms with Gasteiger partial charge in [0, 0.05) is 29.1 Å². The Morgan fingerprint density at radius 3 is 2.71 bits per heavy atom. The number of nitrogens with two attached hydrogens (primary N) is 1. The summed E-state index contributed by atoms with van der Waals surface area (Å²) in [4.78, 5) is 8.17. The van der Waals surface area contributed by atoms with E-state index < -0.39 is 0 Å². The molecule has 0 spiro atoms. The van der Waals surface area contributed by atoms with Crippen LogP contribution in [-0.2, 0) is 4.74 Å². The normalized spacial score (nSPS) is 10.1. The molecule has 0 aliphatic carbocycles. The molecular weight excluding hydrogens is 295 g/mol. The Bertz CT molecular complexity index is 254. The number of nitrogens with zero attached hydrogens (tertiary/aromatic N) is 2. The number of nitrogens with one attached hydrogen (secondary N) is 1. The molecular formula is C8H13IN4O. The van der Waals surface area contributed by atoms with E-state index in [0.29, 0.717) is 32.3 Å². The number of anilines is 1. The summed E-state index contributed by atoms with van der Waals surface area (Å²) >= 11 is 2.16. The molecule has 14 heavy (non-hydrogen) atoms. The number of rotatable bonds is 6. The topological polar surface area (TPSA) is 73.1 Å². The van der Waals surface area contributed by atoms with Gasteiger partial charge in [-0.1, -0.05) is 0 Å². The predicted octanol–water partition coefficient (Wildman–Crippen LogP) is 0.468. The van der Waals surface area contributed by atoms with Crippen molar-refractivity contribution in [1.82, 2.24) is 9.97 Å². The quantitative estimate of drug-likeness (QED) is 0.590. The highest BCUT2D eigenvalue weighted by molar-refractivity contribution is 14.1. The molecule has 5 nitrogen and oxygen atoms in total. The Kier molecular flexibility index (Phi) is 5.72. The fourth-order valence-corrected chi connectivity index (χ4v) is 1.10. The summed E-state index contributed by atoms with van der Waals surface area (Å²) in [5.41, 5.74) is 5.27. The van der Waals surface area contributed by atoms with Crippen LogP contribution in [0.15, 0.2) is 12.4 Å². The minimum Gasteiger partial charge on any atom is -0.378 e. The summed E-state index contributed by atoms with van der Waals surface area (Å²) in [5, 5.41) is 3.04. The minimum atomic E-state index is 0.556. The van der Waals surface area contributed by atoms with Crippen molar-refractivity contribution in [3.63, 3.8) is 0 Å². The summed E-state index contributed by atoms with van der Waals surface area (Å²) in [5.74, 6) is 0.627. The van der Waals surface area contributed by atoms with Gasteiger partial charge in [0.1, 0.15) is 0 Å². The van der Waals surface area contributed by atoms with Crippen LogP contribution in [0.2, 0.25) is 0 Å². The molecule has 0 unspecified atom stereocenters. The van der Waals surface area contributed by atoms with Gasteiger partial charge in [0.15, 0.2) is 0 Å². The lowest BCUT2D eigenvalue weighted by molar-refractivity contribution is 0.151. The van der Waals surface area contributed by atoms with E-state index in [1.165, 1.54) is 0 Å². The Labute approximate surface area is 96.6 Å². The molecule has 0 atom stereocenters. The molecule has 1 rings (SSSR count). The molecule has 78 valence electrons. The van der Waals surface area contributed by atoms with Crippen molar-refractivity contribution in [1.29, 1.82) is 0 Å². The molecule has 0 bridgehead atoms. The van der Waals surface area contributed by atoms with Crippen LogP contribution in [0.1, 0.15) is 0 Å². The molecule has 0 fully saturated rings. The largest absolute Gasteiger partial charge is 0.378 e. The number of aromatic nitrogens is 2. The first-order valence-electron chi connectivity index (χ1n) is 4.32. The Morgan fingerprint density at radius 1 is 1.36 bits per heavy atom. The van der Waals surface area contributed by atoms with Gasteiger partial charge in [-0.05, 0) is 22.6 Å². The highest BCUT2D eigenvalue weighted by Crippen LogP contribution is 2.01. The molecule has 1 aromatic rings. The van der Waals surface area contributed by atoms with E-state index in [1.807, 2.05) is 0 Å². The van der Waals surface area contributed by atoms with Crippen molar-refractivity contribution in [2.24, 2.45) is 5.73 Å². The summed E-state index contributed by atoms with van der Waals surface area (Å²) in [6.07, 6.45) is 3.52. The standard InChI is InChI=1S/C8H13IN4O/c9-7-5-12-8(13-6-7)11-2-4-14-3-1-10/h5-6H,1-4,10H2,(H,11,12,13).